The third-order valence-corrected chi connectivity index (χ3v) is 3.85. The van der Waals surface area contributed by atoms with Crippen molar-refractivity contribution in [1.82, 2.24) is 5.32 Å². The number of carbonyl (C=O) groups excluding carboxylic acids is 1. The summed E-state index contributed by atoms with van der Waals surface area (Å²) in [6.45, 7) is 0. The summed E-state index contributed by atoms with van der Waals surface area (Å²) in [6, 6.07) is 10.5. The molecule has 0 unspecified atom stereocenters. The second kappa shape index (κ2) is 5.94. The highest BCUT2D eigenvalue weighted by molar-refractivity contribution is 8.00. The molecule has 1 N–H and O–H groups in total. The van der Waals surface area contributed by atoms with E-state index < -0.39 is 0 Å². The van der Waals surface area contributed by atoms with E-state index in [-0.39, 0.29) is 5.91 Å². The van der Waals surface area contributed by atoms with E-state index >= 15 is 0 Å². The number of hydrogen-bond donors (Lipinski definition) is 1. The van der Waals surface area contributed by atoms with Crippen LogP contribution in [0.15, 0.2) is 35.2 Å². The van der Waals surface area contributed by atoms with Gasteiger partial charge in [-0.3, -0.25) is 4.79 Å². The van der Waals surface area contributed by atoms with E-state index in [2.05, 4.69) is 5.32 Å². The van der Waals surface area contributed by atoms with Crippen LogP contribution in [-0.2, 0) is 4.79 Å². The minimum absolute atomic E-state index is 0.167. The quantitative estimate of drug-likeness (QED) is 0.813. The van der Waals surface area contributed by atoms with Crippen molar-refractivity contribution < 1.29 is 4.79 Å². The number of nitrogens with one attached hydrogen (secondary N) is 1. The van der Waals surface area contributed by atoms with Gasteiger partial charge in [0.2, 0.25) is 5.91 Å². The highest BCUT2D eigenvalue weighted by atomic mass is 32.2. The van der Waals surface area contributed by atoms with Gasteiger partial charge in [0.05, 0.1) is 5.75 Å². The van der Waals surface area contributed by atoms with Crippen molar-refractivity contribution in [3.63, 3.8) is 0 Å². The fraction of sp³-hybridized carbons (Fsp3) is 0.462. The molecule has 0 atom stereocenters. The van der Waals surface area contributed by atoms with Crippen molar-refractivity contribution in [3.8, 4) is 0 Å². The standard InChI is InChI=1S/C13H17NOS/c15-13(14-11-6-4-5-7-11)10-16-12-8-2-1-3-9-12/h1-3,8-9,11H,4-7,10H2,(H,14,15). The first kappa shape index (κ1) is 11.5. The molecule has 0 aromatic heterocycles. The Morgan fingerprint density at radius 3 is 2.62 bits per heavy atom. The average molecular weight is 235 g/mol. The molecule has 1 fully saturated rings. The number of benzene rings is 1. The van der Waals surface area contributed by atoms with Crippen molar-refractivity contribution >= 4 is 17.7 Å². The van der Waals surface area contributed by atoms with Crippen LogP contribution in [0, 0.1) is 0 Å². The fourth-order valence-electron chi connectivity index (χ4n) is 2.01. The molecule has 2 rings (SSSR count). The van der Waals surface area contributed by atoms with Gasteiger partial charge in [-0.2, -0.15) is 0 Å². The van der Waals surface area contributed by atoms with Gasteiger partial charge < -0.3 is 5.32 Å². The van der Waals surface area contributed by atoms with Crippen LogP contribution >= 0.6 is 11.8 Å². The van der Waals surface area contributed by atoms with Gasteiger partial charge in [0, 0.05) is 10.9 Å². The Kier molecular flexibility index (Phi) is 4.28. The van der Waals surface area contributed by atoms with E-state index in [0.29, 0.717) is 11.8 Å². The van der Waals surface area contributed by atoms with Crippen molar-refractivity contribution in [2.24, 2.45) is 0 Å². The molecule has 1 aliphatic rings. The first-order chi connectivity index (χ1) is 7.84. The van der Waals surface area contributed by atoms with Gasteiger partial charge in [0.15, 0.2) is 0 Å². The average Bonchev–Trinajstić information content (AvgIpc) is 2.81. The Labute approximate surface area is 101 Å². The zero-order chi connectivity index (χ0) is 11.2. The number of hydrogen-bond acceptors (Lipinski definition) is 2. The van der Waals surface area contributed by atoms with Crippen molar-refractivity contribution in [1.29, 1.82) is 0 Å². The van der Waals surface area contributed by atoms with Crippen LogP contribution in [0.4, 0.5) is 0 Å². The van der Waals surface area contributed by atoms with E-state index in [0.717, 1.165) is 17.7 Å². The molecule has 16 heavy (non-hydrogen) atoms. The molecule has 1 saturated carbocycles. The topological polar surface area (TPSA) is 29.1 Å². The predicted octanol–water partition coefficient (Wildman–Crippen LogP) is 2.84. The summed E-state index contributed by atoms with van der Waals surface area (Å²) >= 11 is 1.60. The number of rotatable bonds is 4. The summed E-state index contributed by atoms with van der Waals surface area (Å²) in [4.78, 5) is 12.8. The predicted molar refractivity (Wildman–Crippen MR) is 67.6 cm³/mol. The molecule has 86 valence electrons. The Morgan fingerprint density at radius 1 is 1.25 bits per heavy atom. The maximum absolute atomic E-state index is 11.6. The number of amides is 1. The molecule has 0 bridgehead atoms. The lowest BCUT2D eigenvalue weighted by Gasteiger charge is -2.11. The molecule has 0 heterocycles. The molecule has 3 heteroatoms. The van der Waals surface area contributed by atoms with Crippen LogP contribution in [0.3, 0.4) is 0 Å². The molecular formula is C13H17NOS. The first-order valence-electron chi connectivity index (χ1n) is 5.82. The molecule has 0 spiro atoms. The zero-order valence-corrected chi connectivity index (χ0v) is 10.1. The van der Waals surface area contributed by atoms with Crippen LogP contribution in [0.5, 0.6) is 0 Å². The molecule has 0 aliphatic heterocycles. The monoisotopic (exact) mass is 235 g/mol. The summed E-state index contributed by atoms with van der Waals surface area (Å²) in [5.41, 5.74) is 0. The lowest BCUT2D eigenvalue weighted by atomic mass is 10.2. The molecule has 0 radical (unpaired) electrons. The summed E-state index contributed by atoms with van der Waals surface area (Å²) in [6.07, 6.45) is 4.83. The molecule has 1 amide bonds. The third kappa shape index (κ3) is 3.56. The molecular weight excluding hydrogens is 218 g/mol. The Hall–Kier alpha value is -0.960. The highest BCUT2D eigenvalue weighted by Gasteiger charge is 2.16. The largest absolute Gasteiger partial charge is 0.353 e. The van der Waals surface area contributed by atoms with Crippen LogP contribution in [0.1, 0.15) is 25.7 Å². The first-order valence-corrected chi connectivity index (χ1v) is 6.80. The lowest BCUT2D eigenvalue weighted by molar-refractivity contribution is -0.119. The van der Waals surface area contributed by atoms with E-state index in [1.807, 2.05) is 30.3 Å². The van der Waals surface area contributed by atoms with Gasteiger partial charge in [0.1, 0.15) is 0 Å². The van der Waals surface area contributed by atoms with Crippen molar-refractivity contribution in [3.05, 3.63) is 30.3 Å². The van der Waals surface area contributed by atoms with Gasteiger partial charge in [-0.1, -0.05) is 31.0 Å². The highest BCUT2D eigenvalue weighted by Crippen LogP contribution is 2.19. The normalized spacial score (nSPS) is 16.2. The minimum atomic E-state index is 0.167. The molecule has 2 nitrogen and oxygen atoms in total. The Morgan fingerprint density at radius 2 is 1.94 bits per heavy atom. The second-order valence-electron chi connectivity index (χ2n) is 4.15. The second-order valence-corrected chi connectivity index (χ2v) is 5.20. The van der Waals surface area contributed by atoms with Crippen LogP contribution in [0.25, 0.3) is 0 Å². The summed E-state index contributed by atoms with van der Waals surface area (Å²) in [5, 5.41) is 3.09. The van der Waals surface area contributed by atoms with Crippen LogP contribution in [0.2, 0.25) is 0 Å². The number of thioether (sulfide) groups is 1. The van der Waals surface area contributed by atoms with E-state index in [9.17, 15) is 4.79 Å². The number of carbonyl (C=O) groups is 1. The van der Waals surface area contributed by atoms with Gasteiger partial charge in [-0.25, -0.2) is 0 Å². The van der Waals surface area contributed by atoms with E-state index in [1.54, 1.807) is 11.8 Å². The van der Waals surface area contributed by atoms with E-state index in [4.69, 9.17) is 0 Å². The summed E-state index contributed by atoms with van der Waals surface area (Å²) < 4.78 is 0. The van der Waals surface area contributed by atoms with Gasteiger partial charge >= 0.3 is 0 Å². The Balaban J connectivity index is 1.71. The Bertz CT molecular complexity index is 333. The maximum Gasteiger partial charge on any atom is 0.230 e. The lowest BCUT2D eigenvalue weighted by Crippen LogP contribution is -2.33. The third-order valence-electron chi connectivity index (χ3n) is 2.83. The molecule has 0 saturated heterocycles. The molecule has 1 aromatic rings. The SMILES string of the molecule is O=C(CSc1ccccc1)NC1CCCC1. The van der Waals surface area contributed by atoms with Gasteiger partial charge in [-0.15, -0.1) is 11.8 Å². The van der Waals surface area contributed by atoms with E-state index in [1.165, 1.54) is 12.8 Å². The maximum atomic E-state index is 11.6. The molecule has 1 aromatic carbocycles. The smallest absolute Gasteiger partial charge is 0.230 e. The van der Waals surface area contributed by atoms with Gasteiger partial charge in [-0.05, 0) is 25.0 Å². The van der Waals surface area contributed by atoms with Crippen LogP contribution < -0.4 is 5.32 Å². The zero-order valence-electron chi connectivity index (χ0n) is 9.32. The fourth-order valence-corrected chi connectivity index (χ4v) is 2.74. The van der Waals surface area contributed by atoms with Gasteiger partial charge in [0.25, 0.3) is 0 Å². The summed E-state index contributed by atoms with van der Waals surface area (Å²) in [7, 11) is 0. The van der Waals surface area contributed by atoms with Crippen molar-refractivity contribution in [2.75, 3.05) is 5.75 Å². The van der Waals surface area contributed by atoms with Crippen molar-refractivity contribution in [2.45, 2.75) is 36.6 Å². The molecule has 1 aliphatic carbocycles. The summed E-state index contributed by atoms with van der Waals surface area (Å²) in [5.74, 6) is 0.696. The minimum Gasteiger partial charge on any atom is -0.353 e. The van der Waals surface area contributed by atoms with Crippen LogP contribution in [-0.4, -0.2) is 17.7 Å².